The minimum atomic E-state index is -0.669. The maximum atomic E-state index is 12.2. The van der Waals surface area contributed by atoms with Crippen LogP contribution in [0.4, 0.5) is 0 Å². The number of ether oxygens (including phenoxy) is 2. The summed E-state index contributed by atoms with van der Waals surface area (Å²) in [5.41, 5.74) is 1.27. The lowest BCUT2D eigenvalue weighted by Crippen LogP contribution is -2.18. The molecule has 2 rings (SSSR count). The van der Waals surface area contributed by atoms with Crippen LogP contribution < -0.4 is 9.47 Å². The Bertz CT molecular complexity index is 616. The lowest BCUT2D eigenvalue weighted by Gasteiger charge is -2.11. The number of aromatic nitrogens is 1. The third-order valence-electron chi connectivity index (χ3n) is 3.06. The van der Waals surface area contributed by atoms with Gasteiger partial charge in [0.05, 0.1) is 14.2 Å². The van der Waals surface area contributed by atoms with Gasteiger partial charge in [-0.1, -0.05) is 12.1 Å². The van der Waals surface area contributed by atoms with Crippen LogP contribution in [0, 0.1) is 0 Å². The minimum Gasteiger partial charge on any atom is -0.493 e. The molecule has 5 heteroatoms. The lowest BCUT2D eigenvalue weighted by molar-refractivity contribution is 0.0982. The van der Waals surface area contributed by atoms with Crippen molar-refractivity contribution >= 4 is 17.4 Å². The second kappa shape index (κ2) is 7.09. The highest BCUT2D eigenvalue weighted by Crippen LogP contribution is 2.28. The second-order valence-electron chi connectivity index (χ2n) is 4.44. The SMILES string of the molecule is COc1ccc(CC(Cl)C(=O)c2ccccn2)cc1OC. The highest BCUT2D eigenvalue weighted by molar-refractivity contribution is 6.33. The van der Waals surface area contributed by atoms with Crippen LogP contribution in [-0.2, 0) is 6.42 Å². The molecule has 1 aromatic heterocycles. The lowest BCUT2D eigenvalue weighted by atomic mass is 10.0. The van der Waals surface area contributed by atoms with E-state index in [0.717, 1.165) is 5.56 Å². The summed E-state index contributed by atoms with van der Waals surface area (Å²) in [6.07, 6.45) is 1.98. The van der Waals surface area contributed by atoms with Crippen LogP contribution in [0.2, 0.25) is 0 Å². The molecule has 1 heterocycles. The van der Waals surface area contributed by atoms with Gasteiger partial charge in [0, 0.05) is 6.20 Å². The molecule has 0 bridgehead atoms. The third kappa shape index (κ3) is 3.73. The molecule has 0 fully saturated rings. The number of benzene rings is 1. The third-order valence-corrected chi connectivity index (χ3v) is 3.42. The summed E-state index contributed by atoms with van der Waals surface area (Å²) in [7, 11) is 3.14. The predicted octanol–water partition coefficient (Wildman–Crippen LogP) is 3.13. The first-order valence-electron chi connectivity index (χ1n) is 6.46. The van der Waals surface area contributed by atoms with Gasteiger partial charge in [-0.25, -0.2) is 0 Å². The van der Waals surface area contributed by atoms with Gasteiger partial charge in [-0.15, -0.1) is 11.6 Å². The van der Waals surface area contributed by atoms with E-state index in [2.05, 4.69) is 4.98 Å². The zero-order valence-corrected chi connectivity index (χ0v) is 12.6. The van der Waals surface area contributed by atoms with E-state index in [1.807, 2.05) is 12.1 Å². The summed E-state index contributed by atoms with van der Waals surface area (Å²) >= 11 is 6.21. The van der Waals surface area contributed by atoms with E-state index >= 15 is 0 Å². The summed E-state index contributed by atoms with van der Waals surface area (Å²) in [4.78, 5) is 16.2. The smallest absolute Gasteiger partial charge is 0.199 e. The van der Waals surface area contributed by atoms with Gasteiger partial charge in [0.1, 0.15) is 11.1 Å². The Morgan fingerprint density at radius 1 is 1.19 bits per heavy atom. The molecule has 0 aliphatic carbocycles. The van der Waals surface area contributed by atoms with Gasteiger partial charge in [-0.3, -0.25) is 9.78 Å². The molecule has 0 amide bonds. The van der Waals surface area contributed by atoms with E-state index in [1.165, 1.54) is 0 Å². The Morgan fingerprint density at radius 2 is 1.95 bits per heavy atom. The molecule has 0 aliphatic rings. The van der Waals surface area contributed by atoms with Crippen molar-refractivity contribution in [3.05, 3.63) is 53.9 Å². The summed E-state index contributed by atoms with van der Waals surface area (Å²) in [6.45, 7) is 0. The van der Waals surface area contributed by atoms with Gasteiger partial charge in [-0.05, 0) is 36.2 Å². The molecule has 0 aliphatic heterocycles. The topological polar surface area (TPSA) is 48.4 Å². The summed E-state index contributed by atoms with van der Waals surface area (Å²) in [6, 6.07) is 10.7. The molecule has 0 radical (unpaired) electrons. The number of carbonyl (C=O) groups excluding carboxylic acids is 1. The van der Waals surface area contributed by atoms with E-state index in [9.17, 15) is 4.79 Å². The molecule has 0 spiro atoms. The number of carbonyl (C=O) groups is 1. The van der Waals surface area contributed by atoms with Crippen LogP contribution in [0.3, 0.4) is 0 Å². The highest BCUT2D eigenvalue weighted by Gasteiger charge is 2.19. The number of ketones is 1. The number of hydrogen-bond donors (Lipinski definition) is 0. The minimum absolute atomic E-state index is 0.188. The molecular formula is C16H16ClNO3. The molecule has 1 atom stereocenters. The maximum Gasteiger partial charge on any atom is 0.199 e. The number of methoxy groups -OCH3 is 2. The fraction of sp³-hybridized carbons (Fsp3) is 0.250. The molecule has 0 saturated carbocycles. The van der Waals surface area contributed by atoms with Gasteiger partial charge in [0.2, 0.25) is 0 Å². The molecule has 1 unspecified atom stereocenters. The second-order valence-corrected chi connectivity index (χ2v) is 4.97. The molecule has 1 aromatic carbocycles. The van der Waals surface area contributed by atoms with Crippen molar-refractivity contribution in [1.29, 1.82) is 0 Å². The van der Waals surface area contributed by atoms with Crippen molar-refractivity contribution in [3.8, 4) is 11.5 Å². The monoisotopic (exact) mass is 305 g/mol. The van der Waals surface area contributed by atoms with Crippen LogP contribution in [0.5, 0.6) is 11.5 Å². The zero-order chi connectivity index (χ0) is 15.2. The number of rotatable bonds is 6. The average molecular weight is 306 g/mol. The van der Waals surface area contributed by atoms with Crippen LogP contribution in [0.15, 0.2) is 42.6 Å². The van der Waals surface area contributed by atoms with Crippen molar-refractivity contribution in [1.82, 2.24) is 4.98 Å². The fourth-order valence-corrected chi connectivity index (χ4v) is 2.27. The largest absolute Gasteiger partial charge is 0.493 e. The van der Waals surface area contributed by atoms with E-state index < -0.39 is 5.38 Å². The predicted molar refractivity (Wildman–Crippen MR) is 81.5 cm³/mol. The van der Waals surface area contributed by atoms with Crippen molar-refractivity contribution < 1.29 is 14.3 Å². The number of nitrogens with zero attached hydrogens (tertiary/aromatic N) is 1. The number of halogens is 1. The summed E-state index contributed by atoms with van der Waals surface area (Å²) in [5.74, 6) is 1.07. The Balaban J connectivity index is 2.12. The van der Waals surface area contributed by atoms with Crippen molar-refractivity contribution in [2.45, 2.75) is 11.8 Å². The molecule has 0 N–H and O–H groups in total. The zero-order valence-electron chi connectivity index (χ0n) is 11.9. The molecule has 4 nitrogen and oxygen atoms in total. The summed E-state index contributed by atoms with van der Waals surface area (Å²) < 4.78 is 10.4. The van der Waals surface area contributed by atoms with Gasteiger partial charge in [-0.2, -0.15) is 0 Å². The molecule has 110 valence electrons. The maximum absolute atomic E-state index is 12.2. The Hall–Kier alpha value is -2.07. The number of Topliss-reactive ketones (excluding diaryl/α,β-unsaturated/α-hetero) is 1. The van der Waals surface area contributed by atoms with E-state index in [-0.39, 0.29) is 5.78 Å². The number of pyridine rings is 1. The summed E-state index contributed by atoms with van der Waals surface area (Å²) in [5, 5.41) is -0.669. The van der Waals surface area contributed by atoms with Crippen molar-refractivity contribution in [2.75, 3.05) is 14.2 Å². The van der Waals surface area contributed by atoms with Gasteiger partial charge < -0.3 is 9.47 Å². The van der Waals surface area contributed by atoms with E-state index in [1.54, 1.807) is 44.7 Å². The normalized spacial score (nSPS) is 11.8. The Labute approximate surface area is 128 Å². The standard InChI is InChI=1S/C16H16ClNO3/c1-20-14-7-6-11(10-15(14)21-2)9-12(17)16(19)13-5-3-4-8-18-13/h3-8,10,12H,9H2,1-2H3. The van der Waals surface area contributed by atoms with E-state index in [0.29, 0.717) is 23.6 Å². The Kier molecular flexibility index (Phi) is 5.17. The van der Waals surface area contributed by atoms with Crippen LogP contribution in [0.25, 0.3) is 0 Å². The van der Waals surface area contributed by atoms with Crippen LogP contribution in [-0.4, -0.2) is 30.4 Å². The van der Waals surface area contributed by atoms with Gasteiger partial charge in [0.25, 0.3) is 0 Å². The van der Waals surface area contributed by atoms with Crippen molar-refractivity contribution in [3.63, 3.8) is 0 Å². The van der Waals surface area contributed by atoms with Crippen molar-refractivity contribution in [2.24, 2.45) is 0 Å². The molecule has 2 aromatic rings. The fourth-order valence-electron chi connectivity index (χ4n) is 1.98. The van der Waals surface area contributed by atoms with Gasteiger partial charge >= 0.3 is 0 Å². The average Bonchev–Trinajstić information content (AvgIpc) is 2.54. The van der Waals surface area contributed by atoms with Gasteiger partial charge in [0.15, 0.2) is 17.3 Å². The quantitative estimate of drug-likeness (QED) is 0.608. The first kappa shape index (κ1) is 15.3. The molecule has 0 saturated heterocycles. The Morgan fingerprint density at radius 3 is 2.57 bits per heavy atom. The highest BCUT2D eigenvalue weighted by atomic mass is 35.5. The number of hydrogen-bond acceptors (Lipinski definition) is 4. The first-order valence-corrected chi connectivity index (χ1v) is 6.89. The number of alkyl halides is 1. The van der Waals surface area contributed by atoms with Crippen LogP contribution >= 0.6 is 11.6 Å². The first-order chi connectivity index (χ1) is 10.2. The van der Waals surface area contributed by atoms with Crippen LogP contribution in [0.1, 0.15) is 16.1 Å². The van der Waals surface area contributed by atoms with E-state index in [4.69, 9.17) is 21.1 Å². The molecule has 21 heavy (non-hydrogen) atoms. The molecular weight excluding hydrogens is 290 g/mol.